The molecule has 0 spiro atoms. The maximum Gasteiger partial charge on any atom is 0.339 e. The minimum atomic E-state index is -0.820. The van der Waals surface area contributed by atoms with Crippen LogP contribution >= 0.6 is 0 Å². The molecule has 1 aromatic heterocycles. The van der Waals surface area contributed by atoms with Gasteiger partial charge in [-0.15, -0.1) is 0 Å². The van der Waals surface area contributed by atoms with Crippen molar-refractivity contribution in [2.45, 2.75) is 39.0 Å². The van der Waals surface area contributed by atoms with Crippen LogP contribution in [0.4, 0.5) is 0 Å². The number of amides is 1. The van der Waals surface area contributed by atoms with Gasteiger partial charge in [0.15, 0.2) is 6.10 Å². The number of rotatable bonds is 6. The van der Waals surface area contributed by atoms with E-state index < -0.39 is 12.1 Å². The van der Waals surface area contributed by atoms with Crippen molar-refractivity contribution in [1.29, 1.82) is 0 Å². The summed E-state index contributed by atoms with van der Waals surface area (Å²) in [4.78, 5) is 31.7. The molecule has 2 aromatic carbocycles. The van der Waals surface area contributed by atoms with Crippen LogP contribution < -0.4 is 0 Å². The molecule has 2 heterocycles. The van der Waals surface area contributed by atoms with Gasteiger partial charge >= 0.3 is 5.97 Å². The van der Waals surface area contributed by atoms with Gasteiger partial charge in [0.2, 0.25) is 0 Å². The summed E-state index contributed by atoms with van der Waals surface area (Å²) in [6.07, 6.45) is 4.00. The van der Waals surface area contributed by atoms with Crippen molar-refractivity contribution < 1.29 is 14.3 Å². The highest BCUT2D eigenvalue weighted by molar-refractivity contribution is 5.95. The van der Waals surface area contributed by atoms with Gasteiger partial charge in [0, 0.05) is 31.9 Å². The highest BCUT2D eigenvalue weighted by Crippen LogP contribution is 2.23. The molecule has 0 N–H and O–H groups in total. The van der Waals surface area contributed by atoms with Gasteiger partial charge < -0.3 is 9.64 Å². The lowest BCUT2D eigenvalue weighted by molar-refractivity contribution is -0.142. The average Bonchev–Trinajstić information content (AvgIpc) is 2.79. The highest BCUT2D eigenvalue weighted by Gasteiger charge is 2.34. The maximum absolute atomic E-state index is 13.4. The molecule has 152 valence electrons. The van der Waals surface area contributed by atoms with Crippen LogP contribution in [0, 0.1) is 0 Å². The Kier molecular flexibility index (Phi) is 5.89. The normalized spacial score (nSPS) is 15.2. The molecule has 0 fully saturated rings. The zero-order chi connectivity index (χ0) is 20.9. The number of carbonyl (C=O) groups excluding carboxylic acids is 2. The van der Waals surface area contributed by atoms with Gasteiger partial charge in [-0.25, -0.2) is 4.79 Å². The van der Waals surface area contributed by atoms with Gasteiger partial charge in [-0.1, -0.05) is 55.5 Å². The highest BCUT2D eigenvalue weighted by atomic mass is 16.5. The van der Waals surface area contributed by atoms with E-state index >= 15 is 0 Å². The molecule has 0 saturated carbocycles. The van der Waals surface area contributed by atoms with E-state index in [1.165, 1.54) is 5.56 Å². The lowest BCUT2D eigenvalue weighted by Gasteiger charge is -2.30. The summed E-state index contributed by atoms with van der Waals surface area (Å²) in [6, 6.07) is 19.3. The smallest absolute Gasteiger partial charge is 0.339 e. The monoisotopic (exact) mass is 400 g/mol. The van der Waals surface area contributed by atoms with Gasteiger partial charge in [-0.3, -0.25) is 9.78 Å². The fourth-order valence-corrected chi connectivity index (χ4v) is 3.70. The first-order valence-electron chi connectivity index (χ1n) is 10.2. The fraction of sp³-hybridized carbons (Fsp3) is 0.240. The van der Waals surface area contributed by atoms with Crippen LogP contribution in [-0.2, 0) is 35.5 Å². The summed E-state index contributed by atoms with van der Waals surface area (Å²) in [5.41, 5.74) is 4.60. The third-order valence-corrected chi connectivity index (χ3v) is 5.38. The standard InChI is InChI=1S/C25H24N2O3/c1-2-18-9-11-19(12-10-18)16-27(17-20-6-5-13-26-15-20)24(28)23-14-21-7-3-4-8-22(21)25(29)30-23/h3-13,15,23H,2,14,16-17H2,1H3/t23-/m1/s1. The third-order valence-electron chi connectivity index (χ3n) is 5.38. The molecule has 5 nitrogen and oxygen atoms in total. The number of hydrogen-bond donors (Lipinski definition) is 0. The summed E-state index contributed by atoms with van der Waals surface area (Å²) in [6.45, 7) is 2.95. The summed E-state index contributed by atoms with van der Waals surface area (Å²) in [5, 5.41) is 0. The zero-order valence-corrected chi connectivity index (χ0v) is 17.0. The van der Waals surface area contributed by atoms with Gasteiger partial charge in [0.1, 0.15) is 0 Å². The Morgan fingerprint density at radius 3 is 2.47 bits per heavy atom. The molecule has 1 aliphatic heterocycles. The molecule has 1 amide bonds. The molecule has 0 radical (unpaired) electrons. The summed E-state index contributed by atoms with van der Waals surface area (Å²) >= 11 is 0. The Morgan fingerprint density at radius 1 is 1.00 bits per heavy atom. The number of carbonyl (C=O) groups is 2. The molecule has 0 aliphatic carbocycles. The van der Waals surface area contributed by atoms with E-state index in [0.717, 1.165) is 23.1 Å². The van der Waals surface area contributed by atoms with E-state index in [1.807, 2.05) is 36.4 Å². The maximum atomic E-state index is 13.4. The first-order chi connectivity index (χ1) is 14.6. The van der Waals surface area contributed by atoms with Crippen LogP contribution in [0.3, 0.4) is 0 Å². The molecule has 1 aliphatic rings. The number of aryl methyl sites for hydroxylation is 1. The minimum absolute atomic E-state index is 0.193. The second kappa shape index (κ2) is 8.91. The van der Waals surface area contributed by atoms with Gasteiger partial charge in [0.05, 0.1) is 5.56 Å². The SMILES string of the molecule is CCc1ccc(CN(Cc2cccnc2)C(=O)[C@H]2Cc3ccccc3C(=O)O2)cc1. The van der Waals surface area contributed by atoms with E-state index in [-0.39, 0.29) is 5.91 Å². The predicted octanol–water partition coefficient (Wildman–Crippen LogP) is 3.95. The van der Waals surface area contributed by atoms with E-state index in [2.05, 4.69) is 24.0 Å². The number of fused-ring (bicyclic) bond motifs is 1. The molecule has 0 bridgehead atoms. The summed E-state index contributed by atoms with van der Waals surface area (Å²) in [7, 11) is 0. The quantitative estimate of drug-likeness (QED) is 0.588. The molecule has 4 rings (SSSR count). The van der Waals surface area contributed by atoms with Gasteiger partial charge in [-0.05, 0) is 40.8 Å². The van der Waals surface area contributed by atoms with E-state index in [1.54, 1.807) is 29.4 Å². The Morgan fingerprint density at radius 2 is 1.73 bits per heavy atom. The lowest BCUT2D eigenvalue weighted by atomic mass is 9.97. The van der Waals surface area contributed by atoms with Crippen LogP contribution in [0.15, 0.2) is 73.1 Å². The molecule has 30 heavy (non-hydrogen) atoms. The Bertz CT molecular complexity index is 1030. The molecule has 5 heteroatoms. The predicted molar refractivity (Wildman–Crippen MR) is 114 cm³/mol. The number of hydrogen-bond acceptors (Lipinski definition) is 4. The van der Waals surface area contributed by atoms with Crippen molar-refractivity contribution in [3.05, 3.63) is 101 Å². The van der Waals surface area contributed by atoms with Crippen molar-refractivity contribution in [1.82, 2.24) is 9.88 Å². The van der Waals surface area contributed by atoms with Crippen molar-refractivity contribution in [2.24, 2.45) is 0 Å². The topological polar surface area (TPSA) is 59.5 Å². The lowest BCUT2D eigenvalue weighted by Crippen LogP contribution is -2.43. The Labute approximate surface area is 176 Å². The number of cyclic esters (lactones) is 1. The zero-order valence-electron chi connectivity index (χ0n) is 17.0. The fourth-order valence-electron chi connectivity index (χ4n) is 3.70. The second-order valence-electron chi connectivity index (χ2n) is 7.48. The first-order valence-corrected chi connectivity index (χ1v) is 10.2. The van der Waals surface area contributed by atoms with Crippen molar-refractivity contribution in [2.75, 3.05) is 0 Å². The Hall–Kier alpha value is -3.47. The number of aromatic nitrogens is 1. The number of esters is 1. The second-order valence-corrected chi connectivity index (χ2v) is 7.48. The van der Waals surface area contributed by atoms with E-state index in [4.69, 9.17) is 4.74 Å². The van der Waals surface area contributed by atoms with Crippen molar-refractivity contribution in [3.8, 4) is 0 Å². The van der Waals surface area contributed by atoms with Crippen molar-refractivity contribution in [3.63, 3.8) is 0 Å². The van der Waals surface area contributed by atoms with Gasteiger partial charge in [-0.2, -0.15) is 0 Å². The van der Waals surface area contributed by atoms with Gasteiger partial charge in [0.25, 0.3) is 5.91 Å². The summed E-state index contributed by atoms with van der Waals surface area (Å²) in [5.74, 6) is -0.634. The molecule has 0 saturated heterocycles. The van der Waals surface area contributed by atoms with Crippen LogP contribution in [0.25, 0.3) is 0 Å². The average molecular weight is 400 g/mol. The molecule has 0 unspecified atom stereocenters. The largest absolute Gasteiger partial charge is 0.448 e. The van der Waals surface area contributed by atoms with E-state index in [0.29, 0.717) is 25.1 Å². The number of benzene rings is 2. The van der Waals surface area contributed by atoms with Crippen LogP contribution in [0.1, 0.15) is 39.5 Å². The van der Waals surface area contributed by atoms with E-state index in [9.17, 15) is 9.59 Å². The number of nitrogens with zero attached hydrogens (tertiary/aromatic N) is 2. The van der Waals surface area contributed by atoms with Crippen LogP contribution in [-0.4, -0.2) is 27.9 Å². The summed E-state index contributed by atoms with van der Waals surface area (Å²) < 4.78 is 5.52. The number of pyridine rings is 1. The Balaban J connectivity index is 1.58. The minimum Gasteiger partial charge on any atom is -0.448 e. The van der Waals surface area contributed by atoms with Crippen molar-refractivity contribution >= 4 is 11.9 Å². The third kappa shape index (κ3) is 4.40. The first kappa shape index (κ1) is 19.8. The number of ether oxygens (including phenoxy) is 1. The van der Waals surface area contributed by atoms with Crippen LogP contribution in [0.2, 0.25) is 0 Å². The molecule has 3 aromatic rings. The molecule has 1 atom stereocenters. The van der Waals surface area contributed by atoms with Crippen LogP contribution in [0.5, 0.6) is 0 Å². The molecular formula is C25H24N2O3. The molecular weight excluding hydrogens is 376 g/mol.